The van der Waals surface area contributed by atoms with Crippen LogP contribution in [0.3, 0.4) is 0 Å². The van der Waals surface area contributed by atoms with Gasteiger partial charge in [-0.3, -0.25) is 4.48 Å². The number of nitrogens with two attached hydrogens (primary N) is 1. The number of amides is 1. The van der Waals surface area contributed by atoms with Gasteiger partial charge in [0.05, 0.1) is 23.8 Å². The quantitative estimate of drug-likeness (QED) is 0.700. The molecule has 1 aromatic carbocycles. The van der Waals surface area contributed by atoms with Crippen molar-refractivity contribution in [2.45, 2.75) is 45.7 Å². The lowest BCUT2D eigenvalue weighted by Crippen LogP contribution is -2.71. The van der Waals surface area contributed by atoms with Crippen LogP contribution in [0.5, 0.6) is 0 Å². The number of piperidine rings is 1. The van der Waals surface area contributed by atoms with Gasteiger partial charge in [0.25, 0.3) is 0 Å². The second kappa shape index (κ2) is 8.31. The smallest absolute Gasteiger partial charge is 0.233 e. The number of carbonyl (C=O) groups is 1. The van der Waals surface area contributed by atoms with Gasteiger partial charge in [-0.1, -0.05) is 6.92 Å². The lowest BCUT2D eigenvalue weighted by atomic mass is 9.87. The van der Waals surface area contributed by atoms with Crippen molar-refractivity contribution in [2.75, 3.05) is 18.8 Å². The minimum atomic E-state index is -1.34. The van der Waals surface area contributed by atoms with Crippen LogP contribution in [0.4, 0.5) is 25.3 Å². The number of halogens is 2. The molecule has 8 nitrogen and oxygen atoms in total. The Bertz CT molecular complexity index is 1070. The van der Waals surface area contributed by atoms with Gasteiger partial charge in [0.2, 0.25) is 11.8 Å². The fraction of sp³-hybridized carbons (Fsp3) is 0.455. The van der Waals surface area contributed by atoms with Gasteiger partial charge < -0.3 is 21.0 Å². The van der Waals surface area contributed by atoms with Crippen molar-refractivity contribution >= 4 is 17.9 Å². The minimum Gasteiger partial charge on any atom is -0.530 e. The first-order valence-electron chi connectivity index (χ1n) is 10.3. The van der Waals surface area contributed by atoms with Gasteiger partial charge >= 0.3 is 0 Å². The van der Waals surface area contributed by atoms with Crippen molar-refractivity contribution in [1.29, 1.82) is 5.26 Å². The molecule has 1 unspecified atom stereocenters. The average Bonchev–Trinajstić information content (AvgIpc) is 2.65. The minimum absolute atomic E-state index is 0.0768. The molecule has 3 N–H and O–H groups in total. The first kappa shape index (κ1) is 23.3. The number of likely N-dealkylation sites (tertiary alicyclic amines) is 1. The molecule has 3 atom stereocenters. The molecule has 0 bridgehead atoms. The van der Waals surface area contributed by atoms with Gasteiger partial charge in [-0.25, -0.2) is 13.8 Å². The highest BCUT2D eigenvalue weighted by Gasteiger charge is 2.49. The maximum absolute atomic E-state index is 14.2. The van der Waals surface area contributed by atoms with E-state index in [2.05, 4.69) is 15.3 Å². The van der Waals surface area contributed by atoms with Gasteiger partial charge in [-0.2, -0.15) is 10.2 Å². The molecule has 1 saturated heterocycles. The summed E-state index contributed by atoms with van der Waals surface area (Å²) in [6.07, 6.45) is -0.702. The molecule has 1 aliphatic heterocycles. The molecular formula is C22H26F2N6O2. The van der Waals surface area contributed by atoms with Crippen molar-refractivity contribution in [1.82, 2.24) is 19.8 Å². The molecule has 0 saturated carbocycles. The predicted molar refractivity (Wildman–Crippen MR) is 114 cm³/mol. The Balaban J connectivity index is 2.17. The maximum atomic E-state index is 14.2. The molecule has 0 radical (unpaired) electrons. The van der Waals surface area contributed by atoms with Gasteiger partial charge in [-0.15, -0.1) is 0 Å². The summed E-state index contributed by atoms with van der Waals surface area (Å²) >= 11 is 0. The number of nitrogens with one attached hydrogen (secondary N) is 1. The number of carboxylic acid groups (broad SMARTS) is 1. The highest BCUT2D eigenvalue weighted by Crippen LogP contribution is 2.39. The van der Waals surface area contributed by atoms with E-state index in [1.54, 1.807) is 6.07 Å². The zero-order valence-corrected chi connectivity index (χ0v) is 18.4. The first-order valence-corrected chi connectivity index (χ1v) is 10.3. The summed E-state index contributed by atoms with van der Waals surface area (Å²) in [7, 11) is 0. The Morgan fingerprint density at radius 1 is 1.25 bits per heavy atom. The van der Waals surface area contributed by atoms with E-state index in [1.807, 2.05) is 27.7 Å². The third-order valence-electron chi connectivity index (χ3n) is 6.07. The van der Waals surface area contributed by atoms with Gasteiger partial charge in [0, 0.05) is 17.5 Å². The largest absolute Gasteiger partial charge is 0.530 e. The molecule has 2 aromatic rings. The summed E-state index contributed by atoms with van der Waals surface area (Å²) in [5, 5.41) is 22.6. The first-order chi connectivity index (χ1) is 14.9. The third kappa shape index (κ3) is 4.34. The van der Waals surface area contributed by atoms with Crippen LogP contribution in [-0.4, -0.2) is 40.7 Å². The number of aromatic nitrogens is 2. The molecule has 2 heterocycles. The van der Waals surface area contributed by atoms with Crippen LogP contribution >= 0.6 is 0 Å². The summed E-state index contributed by atoms with van der Waals surface area (Å²) in [6.45, 7) is 9.12. The van der Waals surface area contributed by atoms with Crippen molar-refractivity contribution in [3.05, 3.63) is 35.4 Å². The Morgan fingerprint density at radius 2 is 1.88 bits per heavy atom. The second-order valence-corrected chi connectivity index (χ2v) is 9.37. The van der Waals surface area contributed by atoms with E-state index in [4.69, 9.17) is 11.0 Å². The molecule has 1 amide bonds. The standard InChI is InChI=1S/C22H26F2N6O2/c1-12-5-14(27-21(31)32)11-30(10-12,22(2,3)4)19-8-18(28-20(26)29-19)13-6-16(23)15(9-25)17(24)7-13/h6-8,12,14,27H,5,10-11H2,1-4H3,(H2-,26,28,29,31,32)/t12-,14-,30?/m1/s1. The molecule has 1 aromatic heterocycles. The van der Waals surface area contributed by atoms with Crippen LogP contribution in [0.2, 0.25) is 0 Å². The molecule has 10 heteroatoms. The Labute approximate surface area is 185 Å². The molecule has 1 aliphatic rings. The van der Waals surface area contributed by atoms with E-state index in [-0.39, 0.29) is 33.6 Å². The SMILES string of the molecule is C[C@@H]1C[C@@H](NC(=O)[O-])C[N+](c2cc(-c3cc(F)c(C#N)c(F)c3)nc(N)n2)(C(C)(C)C)C1. The van der Waals surface area contributed by atoms with Crippen LogP contribution in [0, 0.1) is 28.9 Å². The fourth-order valence-electron chi connectivity index (χ4n) is 4.61. The summed E-state index contributed by atoms with van der Waals surface area (Å²) in [6, 6.07) is 4.82. The molecule has 170 valence electrons. The van der Waals surface area contributed by atoms with Crippen molar-refractivity contribution in [3.8, 4) is 17.3 Å². The zero-order chi connectivity index (χ0) is 23.8. The number of hydrogen-bond donors (Lipinski definition) is 2. The van der Waals surface area contributed by atoms with E-state index < -0.39 is 28.8 Å². The van der Waals surface area contributed by atoms with Crippen molar-refractivity contribution < 1.29 is 18.7 Å². The number of nitriles is 1. The summed E-state index contributed by atoms with van der Waals surface area (Å²) < 4.78 is 28.7. The van der Waals surface area contributed by atoms with Gasteiger partial charge in [-0.05, 0) is 39.3 Å². The molecule has 3 rings (SSSR count). The monoisotopic (exact) mass is 444 g/mol. The van der Waals surface area contributed by atoms with E-state index in [0.717, 1.165) is 12.1 Å². The Kier molecular flexibility index (Phi) is 6.07. The van der Waals surface area contributed by atoms with Crippen LogP contribution < -0.4 is 20.6 Å². The van der Waals surface area contributed by atoms with E-state index in [1.165, 1.54) is 6.07 Å². The predicted octanol–water partition coefficient (Wildman–Crippen LogP) is 2.32. The Morgan fingerprint density at radius 3 is 2.41 bits per heavy atom. The highest BCUT2D eigenvalue weighted by atomic mass is 19.1. The number of quaternary nitrogens is 1. The number of anilines is 1. The number of nitrogen functional groups attached to an aromatic ring is 1. The van der Waals surface area contributed by atoms with Gasteiger partial charge in [0.15, 0.2) is 0 Å². The number of hydrogen-bond acceptors (Lipinski definition) is 6. The van der Waals surface area contributed by atoms with E-state index in [0.29, 0.717) is 25.3 Å². The fourth-order valence-corrected chi connectivity index (χ4v) is 4.61. The van der Waals surface area contributed by atoms with Gasteiger partial charge in [0.1, 0.15) is 35.9 Å². The number of nitrogens with zero attached hydrogens (tertiary/aromatic N) is 4. The molecule has 0 aliphatic carbocycles. The lowest BCUT2D eigenvalue weighted by molar-refractivity contribution is -0.252. The van der Waals surface area contributed by atoms with E-state index in [9.17, 15) is 18.7 Å². The molecule has 32 heavy (non-hydrogen) atoms. The van der Waals surface area contributed by atoms with Crippen LogP contribution in [0.15, 0.2) is 18.2 Å². The van der Waals surface area contributed by atoms with Crippen LogP contribution in [0.25, 0.3) is 11.3 Å². The highest BCUT2D eigenvalue weighted by molar-refractivity contribution is 5.66. The number of rotatable bonds is 3. The third-order valence-corrected chi connectivity index (χ3v) is 6.07. The van der Waals surface area contributed by atoms with Crippen molar-refractivity contribution in [2.24, 2.45) is 5.92 Å². The number of benzene rings is 1. The zero-order valence-electron chi connectivity index (χ0n) is 18.4. The van der Waals surface area contributed by atoms with Crippen LogP contribution in [-0.2, 0) is 0 Å². The molecule has 0 spiro atoms. The summed E-state index contributed by atoms with van der Waals surface area (Å²) in [5.41, 5.74) is 5.24. The summed E-state index contributed by atoms with van der Waals surface area (Å²) in [5.74, 6) is -1.41. The second-order valence-electron chi connectivity index (χ2n) is 9.37. The normalized spacial score (nSPS) is 23.4. The maximum Gasteiger partial charge on any atom is 0.233 e. The van der Waals surface area contributed by atoms with Crippen LogP contribution in [0.1, 0.15) is 39.7 Å². The average molecular weight is 444 g/mol. The topological polar surface area (TPSA) is 128 Å². The molecule has 1 fully saturated rings. The summed E-state index contributed by atoms with van der Waals surface area (Å²) in [4.78, 5) is 19.8. The number of carbonyl (C=O) groups excluding carboxylic acids is 1. The molecular weight excluding hydrogens is 418 g/mol. The van der Waals surface area contributed by atoms with E-state index >= 15 is 0 Å². The van der Waals surface area contributed by atoms with Crippen molar-refractivity contribution in [3.63, 3.8) is 0 Å². The lowest BCUT2D eigenvalue weighted by Gasteiger charge is -2.53. The Hall–Kier alpha value is -3.32.